The number of aromatic carboxylic acids is 1. The summed E-state index contributed by atoms with van der Waals surface area (Å²) in [4.78, 5) is 36.9. The van der Waals surface area contributed by atoms with Crippen LogP contribution in [0.15, 0.2) is 66.7 Å². The number of carboxylic acid groups (broad SMARTS) is 1. The number of carboxylic acids is 1. The second kappa shape index (κ2) is 9.50. The van der Waals surface area contributed by atoms with Crippen LogP contribution in [0.1, 0.15) is 47.7 Å². The van der Waals surface area contributed by atoms with E-state index in [1.807, 2.05) is 48.5 Å². The summed E-state index contributed by atoms with van der Waals surface area (Å²) in [6.45, 7) is 3.41. The molecular weight excluding hydrogens is 448 g/mol. The molecule has 3 aromatic rings. The maximum Gasteiger partial charge on any atom is 0.408 e. The lowest BCUT2D eigenvalue weighted by molar-refractivity contribution is -0.121. The molecule has 0 heterocycles. The number of benzene rings is 3. The molecule has 0 bridgehead atoms. The average Bonchev–Trinajstić information content (AvgIpc) is 3.17. The quantitative estimate of drug-likeness (QED) is 0.367. The standard InChI is InChI=1S/C27H26N2O6/c1-3-27(2,25(33)28-16-12-13-23(30)21(14-16)24(31)32)29-26(34)35-15-22-19-10-6-4-8-17(19)18-9-5-7-11-20(18)22/h4-14,22,30H,3,15H2,1-2H3,(H,28,33)(H,29,34)(H,31,32). The number of fused-ring (bicyclic) bond motifs is 3. The monoisotopic (exact) mass is 474 g/mol. The molecular formula is C27H26N2O6. The largest absolute Gasteiger partial charge is 0.507 e. The van der Waals surface area contributed by atoms with Crippen molar-refractivity contribution >= 4 is 23.7 Å². The second-order valence-corrected chi connectivity index (χ2v) is 8.63. The third-order valence-electron chi connectivity index (χ3n) is 6.41. The maximum atomic E-state index is 13.0. The van der Waals surface area contributed by atoms with E-state index in [2.05, 4.69) is 10.6 Å². The normalized spacial score (nSPS) is 13.8. The molecule has 35 heavy (non-hydrogen) atoms. The van der Waals surface area contributed by atoms with Gasteiger partial charge in [-0.15, -0.1) is 0 Å². The maximum absolute atomic E-state index is 13.0. The number of carbonyl (C=O) groups excluding carboxylic acids is 2. The van der Waals surface area contributed by atoms with Crippen molar-refractivity contribution < 1.29 is 29.3 Å². The summed E-state index contributed by atoms with van der Waals surface area (Å²) in [6.07, 6.45) is -0.476. The molecule has 0 saturated carbocycles. The summed E-state index contributed by atoms with van der Waals surface area (Å²) >= 11 is 0. The first kappa shape index (κ1) is 23.8. The van der Waals surface area contributed by atoms with E-state index >= 15 is 0 Å². The molecule has 3 aromatic carbocycles. The van der Waals surface area contributed by atoms with Gasteiger partial charge in [-0.3, -0.25) is 4.79 Å². The van der Waals surface area contributed by atoms with E-state index in [1.165, 1.54) is 12.1 Å². The summed E-state index contributed by atoms with van der Waals surface area (Å²) < 4.78 is 5.56. The molecule has 180 valence electrons. The molecule has 1 atom stereocenters. The second-order valence-electron chi connectivity index (χ2n) is 8.63. The Morgan fingerprint density at radius 3 is 2.14 bits per heavy atom. The minimum absolute atomic E-state index is 0.110. The first-order valence-electron chi connectivity index (χ1n) is 11.2. The first-order chi connectivity index (χ1) is 16.7. The van der Waals surface area contributed by atoms with E-state index in [9.17, 15) is 24.6 Å². The number of phenols is 1. The van der Waals surface area contributed by atoms with Crippen molar-refractivity contribution in [2.45, 2.75) is 31.7 Å². The molecule has 2 amide bonds. The lowest BCUT2D eigenvalue weighted by atomic mass is 9.97. The molecule has 0 fully saturated rings. The Morgan fingerprint density at radius 1 is 0.971 bits per heavy atom. The van der Waals surface area contributed by atoms with Crippen molar-refractivity contribution in [1.29, 1.82) is 0 Å². The smallest absolute Gasteiger partial charge is 0.408 e. The van der Waals surface area contributed by atoms with Gasteiger partial charge in [0.05, 0.1) is 0 Å². The fraction of sp³-hybridized carbons (Fsp3) is 0.222. The Kier molecular flexibility index (Phi) is 6.46. The predicted molar refractivity (Wildman–Crippen MR) is 131 cm³/mol. The number of anilines is 1. The molecule has 0 saturated heterocycles. The highest BCUT2D eigenvalue weighted by Crippen LogP contribution is 2.44. The van der Waals surface area contributed by atoms with Gasteiger partial charge < -0.3 is 25.6 Å². The van der Waals surface area contributed by atoms with Gasteiger partial charge >= 0.3 is 12.1 Å². The summed E-state index contributed by atoms with van der Waals surface area (Å²) in [5, 5.41) is 24.1. The number of aromatic hydroxyl groups is 1. The summed E-state index contributed by atoms with van der Waals surface area (Å²) in [6, 6.07) is 19.7. The third kappa shape index (κ3) is 4.68. The minimum Gasteiger partial charge on any atom is -0.507 e. The van der Waals surface area contributed by atoms with Crippen LogP contribution in [0.3, 0.4) is 0 Å². The van der Waals surface area contributed by atoms with Crippen molar-refractivity contribution in [1.82, 2.24) is 5.32 Å². The zero-order chi connectivity index (χ0) is 25.2. The zero-order valence-corrected chi connectivity index (χ0v) is 19.4. The van der Waals surface area contributed by atoms with Crippen molar-refractivity contribution in [3.05, 3.63) is 83.4 Å². The Labute approximate surface area is 202 Å². The average molecular weight is 475 g/mol. The van der Waals surface area contributed by atoms with Crippen LogP contribution in [0.5, 0.6) is 5.75 Å². The Bertz CT molecular complexity index is 1260. The molecule has 0 spiro atoms. The molecule has 8 heteroatoms. The van der Waals surface area contributed by atoms with Crippen LogP contribution in [-0.4, -0.2) is 40.3 Å². The Balaban J connectivity index is 1.44. The fourth-order valence-electron chi connectivity index (χ4n) is 4.22. The van der Waals surface area contributed by atoms with E-state index in [4.69, 9.17) is 4.74 Å². The molecule has 0 radical (unpaired) electrons. The predicted octanol–water partition coefficient (Wildman–Crippen LogP) is 4.74. The van der Waals surface area contributed by atoms with E-state index < -0.39 is 29.3 Å². The van der Waals surface area contributed by atoms with Crippen LogP contribution < -0.4 is 10.6 Å². The molecule has 0 aromatic heterocycles. The van der Waals surface area contributed by atoms with Gasteiger partial charge in [0, 0.05) is 11.6 Å². The Hall–Kier alpha value is -4.33. The minimum atomic E-state index is -1.33. The SMILES string of the molecule is CCC(C)(NC(=O)OCC1c2ccccc2-c2ccccc21)C(=O)Nc1ccc(O)c(C(=O)O)c1. The summed E-state index contributed by atoms with van der Waals surface area (Å²) in [5.41, 5.74) is 2.92. The number of ether oxygens (including phenoxy) is 1. The van der Waals surface area contributed by atoms with E-state index in [0.717, 1.165) is 28.3 Å². The Morgan fingerprint density at radius 2 is 1.57 bits per heavy atom. The fourth-order valence-corrected chi connectivity index (χ4v) is 4.22. The number of alkyl carbamates (subject to hydrolysis) is 1. The van der Waals surface area contributed by atoms with Crippen LogP contribution in [-0.2, 0) is 9.53 Å². The van der Waals surface area contributed by atoms with E-state index in [1.54, 1.807) is 13.8 Å². The summed E-state index contributed by atoms with van der Waals surface area (Å²) in [7, 11) is 0. The van der Waals surface area contributed by atoms with Crippen LogP contribution in [0.25, 0.3) is 11.1 Å². The molecule has 4 N–H and O–H groups in total. The molecule has 8 nitrogen and oxygen atoms in total. The van der Waals surface area contributed by atoms with Crippen LogP contribution >= 0.6 is 0 Å². The van der Waals surface area contributed by atoms with Crippen LogP contribution in [0.4, 0.5) is 10.5 Å². The lowest BCUT2D eigenvalue weighted by Gasteiger charge is -2.28. The third-order valence-corrected chi connectivity index (χ3v) is 6.41. The van der Waals surface area contributed by atoms with Gasteiger partial charge in [0.25, 0.3) is 0 Å². The van der Waals surface area contributed by atoms with Gasteiger partial charge in [-0.1, -0.05) is 55.5 Å². The van der Waals surface area contributed by atoms with Crippen molar-refractivity contribution in [3.8, 4) is 16.9 Å². The number of amides is 2. The van der Waals surface area contributed by atoms with E-state index in [-0.39, 0.29) is 30.2 Å². The number of hydrogen-bond acceptors (Lipinski definition) is 5. The number of hydrogen-bond donors (Lipinski definition) is 4. The molecule has 1 aliphatic rings. The van der Waals surface area contributed by atoms with Gasteiger partial charge in [0.1, 0.15) is 23.5 Å². The van der Waals surface area contributed by atoms with E-state index in [0.29, 0.717) is 0 Å². The highest BCUT2D eigenvalue weighted by atomic mass is 16.5. The van der Waals surface area contributed by atoms with Crippen molar-refractivity contribution in [2.24, 2.45) is 0 Å². The van der Waals surface area contributed by atoms with Crippen molar-refractivity contribution in [2.75, 3.05) is 11.9 Å². The molecule has 1 aliphatic carbocycles. The molecule has 0 aliphatic heterocycles. The highest BCUT2D eigenvalue weighted by molar-refractivity contribution is 6.01. The highest BCUT2D eigenvalue weighted by Gasteiger charge is 2.35. The van der Waals surface area contributed by atoms with Crippen LogP contribution in [0.2, 0.25) is 0 Å². The number of nitrogens with one attached hydrogen (secondary N) is 2. The number of carbonyl (C=O) groups is 3. The lowest BCUT2D eigenvalue weighted by Crippen LogP contribution is -2.54. The van der Waals surface area contributed by atoms with Gasteiger partial charge in [-0.25, -0.2) is 9.59 Å². The van der Waals surface area contributed by atoms with Gasteiger partial charge in [0.15, 0.2) is 0 Å². The van der Waals surface area contributed by atoms with Crippen LogP contribution in [0, 0.1) is 0 Å². The zero-order valence-electron chi connectivity index (χ0n) is 19.4. The summed E-state index contributed by atoms with van der Waals surface area (Å²) in [5.74, 6) is -2.39. The number of rotatable bonds is 7. The molecule has 4 rings (SSSR count). The topological polar surface area (TPSA) is 125 Å². The van der Waals surface area contributed by atoms with Gasteiger partial charge in [-0.05, 0) is 53.8 Å². The van der Waals surface area contributed by atoms with Gasteiger partial charge in [0.2, 0.25) is 5.91 Å². The van der Waals surface area contributed by atoms with Crippen molar-refractivity contribution in [3.63, 3.8) is 0 Å². The van der Waals surface area contributed by atoms with Gasteiger partial charge in [-0.2, -0.15) is 0 Å². The first-order valence-corrected chi connectivity index (χ1v) is 11.2. The molecule has 1 unspecified atom stereocenters.